The molecule has 0 aromatic heterocycles. The first-order chi connectivity index (χ1) is 15.6. The van der Waals surface area contributed by atoms with E-state index < -0.39 is 35.9 Å². The van der Waals surface area contributed by atoms with Gasteiger partial charge in [-0.2, -0.15) is 0 Å². The van der Waals surface area contributed by atoms with Gasteiger partial charge in [-0.15, -0.1) is 0 Å². The lowest BCUT2D eigenvalue weighted by molar-refractivity contribution is -0.159. The monoisotopic (exact) mass is 457 g/mol. The second kappa shape index (κ2) is 10.4. The van der Waals surface area contributed by atoms with Gasteiger partial charge in [0.1, 0.15) is 0 Å². The van der Waals surface area contributed by atoms with Crippen LogP contribution >= 0.6 is 0 Å². The van der Waals surface area contributed by atoms with Gasteiger partial charge in [0.25, 0.3) is 5.91 Å². The Morgan fingerprint density at radius 1 is 1.09 bits per heavy atom. The fourth-order valence-corrected chi connectivity index (χ4v) is 4.59. The van der Waals surface area contributed by atoms with Crippen molar-refractivity contribution in [3.05, 3.63) is 29.8 Å². The summed E-state index contributed by atoms with van der Waals surface area (Å²) < 4.78 is 5.33. The molecule has 1 heterocycles. The Morgan fingerprint density at radius 2 is 1.76 bits per heavy atom. The number of benzene rings is 1. The summed E-state index contributed by atoms with van der Waals surface area (Å²) in [7, 11) is 1.50. The van der Waals surface area contributed by atoms with Gasteiger partial charge in [0.2, 0.25) is 11.8 Å². The summed E-state index contributed by atoms with van der Waals surface area (Å²) >= 11 is 0. The van der Waals surface area contributed by atoms with Crippen LogP contribution in [-0.2, 0) is 30.3 Å². The summed E-state index contributed by atoms with van der Waals surface area (Å²) in [4.78, 5) is 53.7. The van der Waals surface area contributed by atoms with Gasteiger partial charge in [-0.25, -0.2) is 0 Å². The Bertz CT molecular complexity index is 908. The number of rotatable bonds is 6. The molecule has 8 nitrogen and oxygen atoms in total. The van der Waals surface area contributed by atoms with Crippen LogP contribution in [0.2, 0.25) is 0 Å². The quantitative estimate of drug-likeness (QED) is 0.662. The SMILES string of the molecule is CN(CC(=O)NC(C)(C)C)C(=O)COC(=O)C1CCCCC1C(=O)N1CCc2ccccc21. The molecular formula is C25H35N3O5. The van der Waals surface area contributed by atoms with Crippen LogP contribution < -0.4 is 10.2 Å². The molecule has 1 N–H and O–H groups in total. The minimum Gasteiger partial charge on any atom is -0.455 e. The second-order valence-corrected chi connectivity index (χ2v) is 10.0. The third-order valence-corrected chi connectivity index (χ3v) is 6.20. The van der Waals surface area contributed by atoms with Crippen LogP contribution in [0, 0.1) is 11.8 Å². The van der Waals surface area contributed by atoms with Gasteiger partial charge in [-0.1, -0.05) is 31.0 Å². The Hall–Kier alpha value is -2.90. The van der Waals surface area contributed by atoms with Crippen molar-refractivity contribution in [3.8, 4) is 0 Å². The first-order valence-corrected chi connectivity index (χ1v) is 11.7. The molecule has 1 aromatic carbocycles. The maximum Gasteiger partial charge on any atom is 0.310 e. The van der Waals surface area contributed by atoms with Crippen molar-refractivity contribution in [1.29, 1.82) is 0 Å². The van der Waals surface area contributed by atoms with Gasteiger partial charge in [0.15, 0.2) is 6.61 Å². The highest BCUT2D eigenvalue weighted by atomic mass is 16.5. The molecule has 2 atom stereocenters. The number of hydrogen-bond acceptors (Lipinski definition) is 5. The number of esters is 1. The average molecular weight is 458 g/mol. The Labute approximate surface area is 195 Å². The summed E-state index contributed by atoms with van der Waals surface area (Å²) in [6.07, 6.45) is 3.76. The number of likely N-dealkylation sites (N-methyl/N-ethyl adjacent to an activating group) is 1. The normalized spacial score (nSPS) is 20.1. The molecule has 1 aliphatic carbocycles. The maximum absolute atomic E-state index is 13.4. The van der Waals surface area contributed by atoms with E-state index in [2.05, 4.69) is 5.32 Å². The summed E-state index contributed by atoms with van der Waals surface area (Å²) in [5.74, 6) is -2.29. The van der Waals surface area contributed by atoms with Crippen LogP contribution in [0.1, 0.15) is 52.0 Å². The molecule has 0 radical (unpaired) electrons. The van der Waals surface area contributed by atoms with E-state index in [-0.39, 0.29) is 18.4 Å². The number of carbonyl (C=O) groups is 4. The summed E-state index contributed by atoms with van der Waals surface area (Å²) in [5.41, 5.74) is 1.67. The molecule has 1 fully saturated rings. The average Bonchev–Trinajstić information content (AvgIpc) is 3.19. The molecule has 2 unspecified atom stereocenters. The van der Waals surface area contributed by atoms with Gasteiger partial charge in [-0.3, -0.25) is 19.2 Å². The zero-order chi connectivity index (χ0) is 24.2. The molecule has 33 heavy (non-hydrogen) atoms. The molecule has 180 valence electrons. The predicted molar refractivity (Wildman–Crippen MR) is 124 cm³/mol. The third-order valence-electron chi connectivity index (χ3n) is 6.20. The van der Waals surface area contributed by atoms with E-state index in [0.717, 1.165) is 30.5 Å². The number of anilines is 1. The van der Waals surface area contributed by atoms with E-state index in [0.29, 0.717) is 19.4 Å². The van der Waals surface area contributed by atoms with Gasteiger partial charge in [-0.05, 0) is 51.7 Å². The number of ether oxygens (including phenoxy) is 1. The van der Waals surface area contributed by atoms with Crippen LogP contribution in [0.15, 0.2) is 24.3 Å². The van der Waals surface area contributed by atoms with Crippen molar-refractivity contribution in [2.24, 2.45) is 11.8 Å². The topological polar surface area (TPSA) is 96.0 Å². The molecule has 2 aliphatic rings. The number of hydrogen-bond donors (Lipinski definition) is 1. The number of nitrogens with zero attached hydrogens (tertiary/aromatic N) is 2. The molecule has 1 saturated carbocycles. The first kappa shape index (κ1) is 24.7. The zero-order valence-corrected chi connectivity index (χ0v) is 20.1. The fraction of sp³-hybridized carbons (Fsp3) is 0.600. The number of para-hydroxylation sites is 1. The van der Waals surface area contributed by atoms with E-state index in [9.17, 15) is 19.2 Å². The highest BCUT2D eigenvalue weighted by Crippen LogP contribution is 2.36. The molecule has 0 saturated heterocycles. The molecule has 1 aliphatic heterocycles. The third kappa shape index (κ3) is 6.33. The highest BCUT2D eigenvalue weighted by Gasteiger charge is 2.40. The van der Waals surface area contributed by atoms with Crippen molar-refractivity contribution >= 4 is 29.4 Å². The minimum atomic E-state index is -0.554. The minimum absolute atomic E-state index is 0.0381. The fourth-order valence-electron chi connectivity index (χ4n) is 4.59. The van der Waals surface area contributed by atoms with Crippen LogP contribution in [0.5, 0.6) is 0 Å². The van der Waals surface area contributed by atoms with E-state index in [1.54, 1.807) is 4.90 Å². The van der Waals surface area contributed by atoms with Gasteiger partial charge in [0, 0.05) is 24.8 Å². The number of amides is 3. The molecule has 1 aromatic rings. The Balaban J connectivity index is 1.56. The van der Waals surface area contributed by atoms with Crippen molar-refractivity contribution in [2.45, 2.75) is 58.4 Å². The predicted octanol–water partition coefficient (Wildman–Crippen LogP) is 2.30. The van der Waals surface area contributed by atoms with Crippen molar-refractivity contribution in [1.82, 2.24) is 10.2 Å². The van der Waals surface area contributed by atoms with Crippen molar-refractivity contribution in [2.75, 3.05) is 31.6 Å². The van der Waals surface area contributed by atoms with Crippen LogP contribution in [-0.4, -0.2) is 60.9 Å². The van der Waals surface area contributed by atoms with Gasteiger partial charge >= 0.3 is 5.97 Å². The largest absolute Gasteiger partial charge is 0.455 e. The molecule has 3 rings (SSSR count). The molecule has 8 heteroatoms. The van der Waals surface area contributed by atoms with Crippen molar-refractivity contribution < 1.29 is 23.9 Å². The smallest absolute Gasteiger partial charge is 0.310 e. The zero-order valence-electron chi connectivity index (χ0n) is 20.1. The van der Waals surface area contributed by atoms with E-state index in [4.69, 9.17) is 4.74 Å². The van der Waals surface area contributed by atoms with Crippen LogP contribution in [0.25, 0.3) is 0 Å². The number of fused-ring (bicyclic) bond motifs is 1. The van der Waals surface area contributed by atoms with E-state index >= 15 is 0 Å². The standard InChI is InChI=1S/C25H35N3O5/c1-25(2,3)26-21(29)15-27(4)22(30)16-33-24(32)19-11-7-6-10-18(19)23(31)28-14-13-17-9-5-8-12-20(17)28/h5,8-9,12,18-19H,6-7,10-11,13-16H2,1-4H3,(H,26,29). The first-order valence-electron chi connectivity index (χ1n) is 11.7. The van der Waals surface area contributed by atoms with E-state index in [1.165, 1.54) is 11.9 Å². The highest BCUT2D eigenvalue weighted by molar-refractivity contribution is 5.99. The number of nitrogens with one attached hydrogen (secondary N) is 1. The molecule has 0 bridgehead atoms. The molecule has 0 spiro atoms. The summed E-state index contributed by atoms with van der Waals surface area (Å²) in [6.45, 7) is 5.64. The van der Waals surface area contributed by atoms with Crippen LogP contribution in [0.3, 0.4) is 0 Å². The lowest BCUT2D eigenvalue weighted by atomic mass is 9.78. The Kier molecular flexibility index (Phi) is 7.76. The van der Waals surface area contributed by atoms with Crippen molar-refractivity contribution in [3.63, 3.8) is 0 Å². The number of carbonyl (C=O) groups excluding carboxylic acids is 4. The molecule has 3 amide bonds. The lowest BCUT2D eigenvalue weighted by Gasteiger charge is -2.32. The van der Waals surface area contributed by atoms with Gasteiger partial charge < -0.3 is 19.9 Å². The second-order valence-electron chi connectivity index (χ2n) is 10.0. The summed E-state index contributed by atoms with van der Waals surface area (Å²) in [6, 6.07) is 7.86. The lowest BCUT2D eigenvalue weighted by Crippen LogP contribution is -2.47. The van der Waals surface area contributed by atoms with Crippen LogP contribution in [0.4, 0.5) is 5.69 Å². The Morgan fingerprint density at radius 3 is 2.45 bits per heavy atom. The summed E-state index contributed by atoms with van der Waals surface area (Å²) in [5, 5.41) is 2.79. The molecular weight excluding hydrogens is 422 g/mol. The van der Waals surface area contributed by atoms with Gasteiger partial charge in [0.05, 0.1) is 18.4 Å². The van der Waals surface area contributed by atoms with E-state index in [1.807, 2.05) is 45.0 Å². The maximum atomic E-state index is 13.4.